The molecule has 3 aromatic rings. The van der Waals surface area contributed by atoms with Crippen molar-refractivity contribution in [2.75, 3.05) is 10.6 Å². The molecule has 0 fully saturated rings. The summed E-state index contributed by atoms with van der Waals surface area (Å²) < 4.78 is 0. The highest BCUT2D eigenvalue weighted by atomic mass is 32.1. The van der Waals surface area contributed by atoms with Gasteiger partial charge in [-0.15, -0.1) is 11.3 Å². The lowest BCUT2D eigenvalue weighted by Gasteiger charge is -2.18. The first-order chi connectivity index (χ1) is 13.1. The number of carbonyl (C=O) groups is 3. The molecule has 6 heteroatoms. The summed E-state index contributed by atoms with van der Waals surface area (Å²) in [6.07, 6.45) is 1.07. The fourth-order valence-electron chi connectivity index (χ4n) is 3.08. The number of anilines is 2. The molecule has 1 aliphatic rings. The molecule has 2 N–H and O–H groups in total. The monoisotopic (exact) mass is 376 g/mol. The van der Waals surface area contributed by atoms with Gasteiger partial charge in [-0.25, -0.2) is 0 Å². The first kappa shape index (κ1) is 17.2. The standard InChI is InChI=1S/C21H16N2O3S/c24-19-10-7-13-12-14(8-9-17(13)23-19)22-21(26)16-5-2-1-4-15(16)20(25)18-6-3-11-27-18/h1-6,8-9,11-12H,7,10H2,(H,22,26)(H,23,24). The van der Waals surface area contributed by atoms with E-state index in [1.807, 2.05) is 17.5 Å². The van der Waals surface area contributed by atoms with Gasteiger partial charge in [0.2, 0.25) is 11.7 Å². The van der Waals surface area contributed by atoms with Gasteiger partial charge >= 0.3 is 0 Å². The van der Waals surface area contributed by atoms with E-state index in [-0.39, 0.29) is 17.6 Å². The summed E-state index contributed by atoms with van der Waals surface area (Å²) in [5.41, 5.74) is 3.10. The van der Waals surface area contributed by atoms with Crippen LogP contribution in [0.1, 0.15) is 37.6 Å². The fraction of sp³-hybridized carbons (Fsp3) is 0.0952. The van der Waals surface area contributed by atoms with Crippen LogP contribution in [-0.4, -0.2) is 17.6 Å². The third kappa shape index (κ3) is 3.52. The van der Waals surface area contributed by atoms with Gasteiger partial charge in [0, 0.05) is 23.4 Å². The van der Waals surface area contributed by atoms with Gasteiger partial charge in [-0.05, 0) is 47.7 Å². The number of benzene rings is 2. The molecule has 2 heterocycles. The van der Waals surface area contributed by atoms with E-state index >= 15 is 0 Å². The molecule has 2 amide bonds. The van der Waals surface area contributed by atoms with Crippen LogP contribution in [0.2, 0.25) is 0 Å². The molecule has 1 aliphatic heterocycles. The smallest absolute Gasteiger partial charge is 0.256 e. The Morgan fingerprint density at radius 1 is 0.963 bits per heavy atom. The highest BCUT2D eigenvalue weighted by Crippen LogP contribution is 2.26. The van der Waals surface area contributed by atoms with Crippen molar-refractivity contribution in [1.29, 1.82) is 0 Å². The first-order valence-corrected chi connectivity index (χ1v) is 9.41. The molecule has 0 radical (unpaired) electrons. The number of nitrogens with one attached hydrogen (secondary N) is 2. The largest absolute Gasteiger partial charge is 0.326 e. The Balaban J connectivity index is 1.59. The Morgan fingerprint density at radius 3 is 2.56 bits per heavy atom. The molecule has 2 aromatic carbocycles. The quantitative estimate of drug-likeness (QED) is 0.673. The normalized spacial score (nSPS) is 12.8. The van der Waals surface area contributed by atoms with Crippen molar-refractivity contribution < 1.29 is 14.4 Å². The number of thiophene rings is 1. The van der Waals surface area contributed by atoms with Gasteiger partial charge in [-0.2, -0.15) is 0 Å². The Labute approximate surface area is 160 Å². The summed E-state index contributed by atoms with van der Waals surface area (Å²) >= 11 is 1.35. The molecule has 0 spiro atoms. The number of ketones is 1. The number of hydrogen-bond donors (Lipinski definition) is 2. The topological polar surface area (TPSA) is 75.3 Å². The van der Waals surface area contributed by atoms with Gasteiger partial charge in [0.15, 0.2) is 0 Å². The molecular weight excluding hydrogens is 360 g/mol. The second-order valence-electron chi connectivity index (χ2n) is 6.23. The number of carbonyl (C=O) groups excluding carboxylic acids is 3. The minimum Gasteiger partial charge on any atom is -0.326 e. The zero-order valence-electron chi connectivity index (χ0n) is 14.3. The van der Waals surface area contributed by atoms with Crippen LogP contribution < -0.4 is 10.6 Å². The zero-order valence-corrected chi connectivity index (χ0v) is 15.1. The highest BCUT2D eigenvalue weighted by molar-refractivity contribution is 7.12. The third-order valence-corrected chi connectivity index (χ3v) is 5.29. The zero-order chi connectivity index (χ0) is 18.8. The van der Waals surface area contributed by atoms with E-state index in [2.05, 4.69) is 10.6 Å². The van der Waals surface area contributed by atoms with E-state index in [0.717, 1.165) is 11.3 Å². The van der Waals surface area contributed by atoms with Crippen LogP contribution in [0.25, 0.3) is 0 Å². The van der Waals surface area contributed by atoms with Gasteiger partial charge < -0.3 is 10.6 Å². The number of rotatable bonds is 4. The van der Waals surface area contributed by atoms with Crippen molar-refractivity contribution in [2.24, 2.45) is 0 Å². The lowest BCUT2D eigenvalue weighted by Crippen LogP contribution is -2.20. The molecule has 0 aliphatic carbocycles. The van der Waals surface area contributed by atoms with E-state index in [9.17, 15) is 14.4 Å². The first-order valence-electron chi connectivity index (χ1n) is 8.53. The molecule has 1 aromatic heterocycles. The van der Waals surface area contributed by atoms with Crippen LogP contribution >= 0.6 is 11.3 Å². The predicted molar refractivity (Wildman–Crippen MR) is 106 cm³/mol. The van der Waals surface area contributed by atoms with E-state index in [1.165, 1.54) is 11.3 Å². The predicted octanol–water partition coefficient (Wildman–Crippen LogP) is 4.12. The maximum absolute atomic E-state index is 12.8. The van der Waals surface area contributed by atoms with Gasteiger partial charge in [-0.1, -0.05) is 24.3 Å². The van der Waals surface area contributed by atoms with Gasteiger partial charge in [-0.3, -0.25) is 14.4 Å². The molecule has 134 valence electrons. The van der Waals surface area contributed by atoms with E-state index in [4.69, 9.17) is 0 Å². The lowest BCUT2D eigenvalue weighted by atomic mass is 10.0. The maximum atomic E-state index is 12.8. The van der Waals surface area contributed by atoms with Crippen molar-refractivity contribution in [3.63, 3.8) is 0 Å². The second kappa shape index (κ2) is 7.17. The molecule has 5 nitrogen and oxygen atoms in total. The molecule has 4 rings (SSSR count). The average Bonchev–Trinajstić information content (AvgIpc) is 3.22. The number of aryl methyl sites for hydroxylation is 1. The second-order valence-corrected chi connectivity index (χ2v) is 7.17. The molecular formula is C21H16N2O3S. The summed E-state index contributed by atoms with van der Waals surface area (Å²) in [6.45, 7) is 0. The SMILES string of the molecule is O=C1CCc2cc(NC(=O)c3ccccc3C(=O)c3cccs3)ccc2N1. The van der Waals surface area contributed by atoms with Gasteiger partial charge in [0.05, 0.1) is 10.4 Å². The van der Waals surface area contributed by atoms with Crippen LogP contribution in [0.15, 0.2) is 60.0 Å². The fourth-order valence-corrected chi connectivity index (χ4v) is 3.76. The van der Waals surface area contributed by atoms with Crippen LogP contribution in [0.3, 0.4) is 0 Å². The summed E-state index contributed by atoms with van der Waals surface area (Å²) in [6, 6.07) is 15.7. The van der Waals surface area contributed by atoms with Crippen molar-refractivity contribution in [1.82, 2.24) is 0 Å². The molecule has 27 heavy (non-hydrogen) atoms. The van der Waals surface area contributed by atoms with Crippen molar-refractivity contribution >= 4 is 40.3 Å². The Hall–Kier alpha value is -3.25. The molecule has 0 unspecified atom stereocenters. The summed E-state index contributed by atoms with van der Waals surface area (Å²) in [4.78, 5) is 37.6. The Bertz CT molecular complexity index is 1040. The third-order valence-electron chi connectivity index (χ3n) is 4.42. The van der Waals surface area contributed by atoms with Crippen molar-refractivity contribution in [3.8, 4) is 0 Å². The van der Waals surface area contributed by atoms with E-state index in [0.29, 0.717) is 34.5 Å². The summed E-state index contributed by atoms with van der Waals surface area (Å²) in [5.74, 6) is -0.500. The van der Waals surface area contributed by atoms with Crippen LogP contribution in [-0.2, 0) is 11.2 Å². The Morgan fingerprint density at radius 2 is 1.78 bits per heavy atom. The summed E-state index contributed by atoms with van der Waals surface area (Å²) in [5, 5.41) is 7.51. The van der Waals surface area contributed by atoms with Crippen LogP contribution in [0.4, 0.5) is 11.4 Å². The lowest BCUT2D eigenvalue weighted by molar-refractivity contribution is -0.116. The molecule has 0 bridgehead atoms. The van der Waals surface area contributed by atoms with Crippen LogP contribution in [0.5, 0.6) is 0 Å². The van der Waals surface area contributed by atoms with E-state index in [1.54, 1.807) is 42.5 Å². The Kier molecular flexibility index (Phi) is 4.56. The number of hydrogen-bond acceptors (Lipinski definition) is 4. The summed E-state index contributed by atoms with van der Waals surface area (Å²) in [7, 11) is 0. The molecule has 0 atom stereocenters. The minimum absolute atomic E-state index is 0.000280. The van der Waals surface area contributed by atoms with Gasteiger partial charge in [0.25, 0.3) is 5.91 Å². The van der Waals surface area contributed by atoms with Gasteiger partial charge in [0.1, 0.15) is 0 Å². The minimum atomic E-state index is -0.338. The van der Waals surface area contributed by atoms with E-state index < -0.39 is 0 Å². The highest BCUT2D eigenvalue weighted by Gasteiger charge is 2.20. The number of fused-ring (bicyclic) bond motifs is 1. The average molecular weight is 376 g/mol. The van der Waals surface area contributed by atoms with Crippen molar-refractivity contribution in [3.05, 3.63) is 81.5 Å². The maximum Gasteiger partial charge on any atom is 0.256 e. The molecule has 0 saturated carbocycles. The van der Waals surface area contributed by atoms with Crippen molar-refractivity contribution in [2.45, 2.75) is 12.8 Å². The number of amides is 2. The van der Waals surface area contributed by atoms with Crippen LogP contribution in [0, 0.1) is 0 Å². The molecule has 0 saturated heterocycles.